The number of nitrogens with two attached hydrogens (primary N) is 1. The van der Waals surface area contributed by atoms with Crippen LogP contribution in [0.4, 0.5) is 4.79 Å². The van der Waals surface area contributed by atoms with E-state index in [1.165, 1.54) is 39.0 Å². The number of ether oxygens (including phenoxy) is 1. The number of amides is 3. The molecule has 0 radical (unpaired) electrons. The lowest BCUT2D eigenvalue weighted by Crippen LogP contribution is -2.42. The predicted molar refractivity (Wildman–Crippen MR) is 73.7 cm³/mol. The van der Waals surface area contributed by atoms with Crippen LogP contribution in [0.3, 0.4) is 0 Å². The molecule has 0 bridgehead atoms. The zero-order valence-electron chi connectivity index (χ0n) is 12.0. The Balaban J connectivity index is 2.15. The van der Waals surface area contributed by atoms with Crippen molar-refractivity contribution in [1.29, 1.82) is 0 Å². The first kappa shape index (κ1) is 16.5. The highest BCUT2D eigenvalue weighted by atomic mass is 16.5. The van der Waals surface area contributed by atoms with Crippen LogP contribution in [0, 0.1) is 5.92 Å². The first-order chi connectivity index (χ1) is 9.49. The molecule has 1 atom stereocenters. The summed E-state index contributed by atoms with van der Waals surface area (Å²) < 4.78 is 4.94. The third-order valence-electron chi connectivity index (χ3n) is 3.64. The smallest absolute Gasteiger partial charge is 0.318 e. The average molecular weight is 284 g/mol. The Hall–Kier alpha value is -1.59. The fraction of sp³-hybridized carbons (Fsp3) is 0.786. The van der Waals surface area contributed by atoms with E-state index in [1.54, 1.807) is 0 Å². The fourth-order valence-electron chi connectivity index (χ4n) is 2.54. The molecule has 1 rings (SSSR count). The van der Waals surface area contributed by atoms with E-state index in [9.17, 15) is 14.4 Å². The molecule has 1 unspecified atom stereocenters. The molecule has 0 heterocycles. The Morgan fingerprint density at radius 3 is 2.50 bits per heavy atom. The molecule has 0 aliphatic heterocycles. The van der Waals surface area contributed by atoms with Gasteiger partial charge < -0.3 is 10.5 Å². The van der Waals surface area contributed by atoms with Gasteiger partial charge in [-0.25, -0.2) is 4.79 Å². The molecule has 3 amide bonds. The van der Waals surface area contributed by atoms with Gasteiger partial charge in [0.15, 0.2) is 6.10 Å². The van der Waals surface area contributed by atoms with Crippen molar-refractivity contribution in [3.63, 3.8) is 0 Å². The zero-order valence-corrected chi connectivity index (χ0v) is 12.0. The number of esters is 1. The molecule has 1 saturated carbocycles. The molecule has 0 spiro atoms. The molecule has 0 aromatic heterocycles. The molecule has 3 N–H and O–H groups in total. The Kier molecular flexibility index (Phi) is 7.04. The van der Waals surface area contributed by atoms with E-state index in [2.05, 4.69) is 0 Å². The van der Waals surface area contributed by atoms with Gasteiger partial charge in [0.2, 0.25) is 0 Å². The van der Waals surface area contributed by atoms with Crippen LogP contribution < -0.4 is 11.1 Å². The zero-order chi connectivity index (χ0) is 15.0. The van der Waals surface area contributed by atoms with E-state index < -0.39 is 24.0 Å². The fourth-order valence-corrected chi connectivity index (χ4v) is 2.54. The predicted octanol–water partition coefficient (Wildman–Crippen LogP) is 1.86. The van der Waals surface area contributed by atoms with Crippen LogP contribution >= 0.6 is 0 Å². The van der Waals surface area contributed by atoms with Crippen molar-refractivity contribution in [2.24, 2.45) is 11.7 Å². The molecule has 1 fully saturated rings. The van der Waals surface area contributed by atoms with E-state index in [0.717, 1.165) is 18.8 Å². The van der Waals surface area contributed by atoms with Gasteiger partial charge in [-0.15, -0.1) is 0 Å². The van der Waals surface area contributed by atoms with Crippen LogP contribution in [-0.4, -0.2) is 24.0 Å². The lowest BCUT2D eigenvalue weighted by Gasteiger charge is -2.21. The van der Waals surface area contributed by atoms with Gasteiger partial charge >= 0.3 is 12.0 Å². The summed E-state index contributed by atoms with van der Waals surface area (Å²) in [6.45, 7) is 1.41. The first-order valence-electron chi connectivity index (χ1n) is 7.29. The van der Waals surface area contributed by atoms with Gasteiger partial charge in [-0.3, -0.25) is 14.9 Å². The summed E-state index contributed by atoms with van der Waals surface area (Å²) >= 11 is 0. The van der Waals surface area contributed by atoms with Gasteiger partial charge in [-0.1, -0.05) is 32.1 Å². The number of carbonyl (C=O) groups is 3. The maximum Gasteiger partial charge on any atom is 0.318 e. The van der Waals surface area contributed by atoms with Crippen LogP contribution in [0.25, 0.3) is 0 Å². The van der Waals surface area contributed by atoms with Gasteiger partial charge in [-0.05, 0) is 25.7 Å². The average Bonchev–Trinajstić information content (AvgIpc) is 2.39. The Bertz CT molecular complexity index is 351. The van der Waals surface area contributed by atoms with Gasteiger partial charge in [0.25, 0.3) is 5.91 Å². The molecule has 0 aromatic carbocycles. The molecule has 1 aliphatic rings. The summed E-state index contributed by atoms with van der Waals surface area (Å²) in [5.41, 5.74) is 4.81. The summed E-state index contributed by atoms with van der Waals surface area (Å²) in [5, 5.41) is 1.88. The number of imide groups is 1. The van der Waals surface area contributed by atoms with Crippen LogP contribution in [0.1, 0.15) is 58.3 Å². The third-order valence-corrected chi connectivity index (χ3v) is 3.64. The van der Waals surface area contributed by atoms with Crippen LogP contribution in [0.2, 0.25) is 0 Å². The number of carbonyl (C=O) groups excluding carboxylic acids is 3. The highest BCUT2D eigenvalue weighted by Gasteiger charge is 2.19. The summed E-state index contributed by atoms with van der Waals surface area (Å²) in [7, 11) is 0. The monoisotopic (exact) mass is 284 g/mol. The van der Waals surface area contributed by atoms with Crippen molar-refractivity contribution in [2.45, 2.75) is 64.4 Å². The lowest BCUT2D eigenvalue weighted by atomic mass is 9.86. The number of hydrogen-bond acceptors (Lipinski definition) is 4. The maximum atomic E-state index is 11.6. The quantitative estimate of drug-likeness (QED) is 0.727. The van der Waals surface area contributed by atoms with Crippen LogP contribution in [0.15, 0.2) is 0 Å². The second-order valence-electron chi connectivity index (χ2n) is 5.38. The van der Waals surface area contributed by atoms with Crippen molar-refractivity contribution in [3.8, 4) is 0 Å². The minimum Gasteiger partial charge on any atom is -0.453 e. The summed E-state index contributed by atoms with van der Waals surface area (Å²) in [6, 6.07) is -0.949. The van der Waals surface area contributed by atoms with E-state index >= 15 is 0 Å². The first-order valence-corrected chi connectivity index (χ1v) is 7.29. The van der Waals surface area contributed by atoms with Gasteiger partial charge in [0.1, 0.15) is 0 Å². The second kappa shape index (κ2) is 8.55. The largest absolute Gasteiger partial charge is 0.453 e. The lowest BCUT2D eigenvalue weighted by molar-refractivity contribution is -0.154. The van der Waals surface area contributed by atoms with Gasteiger partial charge in [0.05, 0.1) is 0 Å². The molecular formula is C14H24N2O4. The van der Waals surface area contributed by atoms with Gasteiger partial charge in [-0.2, -0.15) is 0 Å². The molecular weight excluding hydrogens is 260 g/mol. The van der Waals surface area contributed by atoms with Crippen molar-refractivity contribution in [3.05, 3.63) is 0 Å². The minimum atomic E-state index is -0.996. The Labute approximate surface area is 119 Å². The Morgan fingerprint density at radius 1 is 1.25 bits per heavy atom. The summed E-state index contributed by atoms with van der Waals surface area (Å²) in [6.07, 6.45) is 7.56. The topological polar surface area (TPSA) is 98.5 Å². The molecule has 20 heavy (non-hydrogen) atoms. The van der Waals surface area contributed by atoms with Gasteiger partial charge in [0, 0.05) is 6.42 Å². The van der Waals surface area contributed by atoms with E-state index in [1.807, 2.05) is 5.32 Å². The highest BCUT2D eigenvalue weighted by molar-refractivity contribution is 5.96. The normalized spacial score (nSPS) is 17.2. The molecule has 6 nitrogen and oxygen atoms in total. The number of hydrogen-bond donors (Lipinski definition) is 2. The standard InChI is InChI=1S/C14H24N2O4/c1-10(13(18)16-14(15)19)20-12(17)9-5-8-11-6-3-2-4-7-11/h10-11H,2-9H2,1H3,(H3,15,16,18,19). The van der Waals surface area contributed by atoms with Crippen LogP contribution in [-0.2, 0) is 14.3 Å². The number of urea groups is 1. The summed E-state index contributed by atoms with van der Waals surface area (Å²) in [4.78, 5) is 33.4. The van der Waals surface area contributed by atoms with Crippen LogP contribution in [0.5, 0.6) is 0 Å². The van der Waals surface area contributed by atoms with Crippen molar-refractivity contribution >= 4 is 17.9 Å². The Morgan fingerprint density at radius 2 is 1.90 bits per heavy atom. The second-order valence-corrected chi connectivity index (χ2v) is 5.38. The molecule has 114 valence electrons. The number of primary amides is 1. The maximum absolute atomic E-state index is 11.6. The number of rotatable bonds is 6. The molecule has 1 aliphatic carbocycles. The SMILES string of the molecule is CC(OC(=O)CCCC1CCCCC1)C(=O)NC(N)=O. The van der Waals surface area contributed by atoms with Crippen molar-refractivity contribution in [1.82, 2.24) is 5.32 Å². The highest BCUT2D eigenvalue weighted by Crippen LogP contribution is 2.27. The third kappa shape index (κ3) is 6.54. The molecule has 6 heteroatoms. The molecule has 0 aromatic rings. The van der Waals surface area contributed by atoms with E-state index in [-0.39, 0.29) is 0 Å². The minimum absolute atomic E-state index is 0.310. The van der Waals surface area contributed by atoms with Crippen molar-refractivity contribution in [2.75, 3.05) is 0 Å². The van der Waals surface area contributed by atoms with E-state index in [0.29, 0.717) is 6.42 Å². The van der Waals surface area contributed by atoms with Crippen molar-refractivity contribution < 1.29 is 19.1 Å². The number of nitrogens with one attached hydrogen (secondary N) is 1. The van der Waals surface area contributed by atoms with E-state index in [4.69, 9.17) is 10.5 Å². The summed E-state index contributed by atoms with van der Waals surface area (Å²) in [5.74, 6) is -0.377. The molecule has 0 saturated heterocycles.